The molecule has 0 bridgehead atoms. The van der Waals surface area contributed by atoms with E-state index in [-0.39, 0.29) is 0 Å². The molecule has 170 valence electrons. The zero-order valence-corrected chi connectivity index (χ0v) is 17.9. The number of aryl methyl sites for hydroxylation is 1. The highest BCUT2D eigenvalue weighted by Gasteiger charge is 2.17. The normalized spacial score (nSPS) is 10.7. The molecule has 9 heteroatoms. The number of carbonyl (C=O) groups is 3. The van der Waals surface area contributed by atoms with E-state index in [1.807, 2.05) is 22.9 Å². The van der Waals surface area contributed by atoms with Gasteiger partial charge in [0, 0.05) is 43.7 Å². The molecular formula is C24H25N5O4. The van der Waals surface area contributed by atoms with Gasteiger partial charge in [-0.25, -0.2) is 15.3 Å². The Kier molecular flexibility index (Phi) is 8.49. The molecule has 0 spiro atoms. The number of imide groups is 1. The summed E-state index contributed by atoms with van der Waals surface area (Å²) < 4.78 is 1.93. The first-order valence-electron chi connectivity index (χ1n) is 10.4. The van der Waals surface area contributed by atoms with Gasteiger partial charge in [-0.1, -0.05) is 42.5 Å². The third-order valence-corrected chi connectivity index (χ3v) is 4.84. The van der Waals surface area contributed by atoms with Crippen molar-refractivity contribution in [1.82, 2.24) is 25.2 Å². The van der Waals surface area contributed by atoms with Crippen LogP contribution in [0.5, 0.6) is 0 Å². The number of hydrogen-bond donors (Lipinski definition) is 3. The summed E-state index contributed by atoms with van der Waals surface area (Å²) in [4.78, 5) is 42.1. The summed E-state index contributed by atoms with van der Waals surface area (Å²) in [6.45, 7) is 1.43. The molecule has 3 aromatic rings. The molecule has 0 aliphatic heterocycles. The molecule has 3 N–H and O–H groups in total. The minimum atomic E-state index is -0.622. The monoisotopic (exact) mass is 447 g/mol. The number of hydrogen-bond acceptors (Lipinski definition) is 5. The fraction of sp³-hybridized carbons (Fsp3) is 0.167. The van der Waals surface area contributed by atoms with E-state index in [1.54, 1.807) is 66.0 Å². The van der Waals surface area contributed by atoms with E-state index in [4.69, 9.17) is 5.21 Å². The Balaban J connectivity index is 1.66. The van der Waals surface area contributed by atoms with Gasteiger partial charge in [0.1, 0.15) is 0 Å². The van der Waals surface area contributed by atoms with Crippen LogP contribution < -0.4 is 10.8 Å². The first-order valence-corrected chi connectivity index (χ1v) is 10.4. The van der Waals surface area contributed by atoms with Gasteiger partial charge >= 0.3 is 6.03 Å². The number of imidazole rings is 1. The molecule has 0 atom stereocenters. The first kappa shape index (κ1) is 23.4. The van der Waals surface area contributed by atoms with E-state index in [2.05, 4.69) is 10.3 Å². The number of hydroxylamine groups is 1. The fourth-order valence-corrected chi connectivity index (χ4v) is 3.12. The Labute approximate surface area is 191 Å². The zero-order valence-electron chi connectivity index (χ0n) is 17.9. The van der Waals surface area contributed by atoms with Crippen molar-refractivity contribution >= 4 is 23.9 Å². The number of carbonyl (C=O) groups excluding carboxylic acids is 3. The molecule has 2 aromatic carbocycles. The van der Waals surface area contributed by atoms with Crippen LogP contribution in [0.2, 0.25) is 0 Å². The Morgan fingerprint density at radius 3 is 2.48 bits per heavy atom. The highest BCUT2D eigenvalue weighted by molar-refractivity contribution is 6.04. The molecule has 0 aliphatic carbocycles. The lowest BCUT2D eigenvalue weighted by Gasteiger charge is -2.23. The van der Waals surface area contributed by atoms with Gasteiger partial charge in [0.15, 0.2) is 0 Å². The lowest BCUT2D eigenvalue weighted by atomic mass is 10.1. The van der Waals surface area contributed by atoms with Gasteiger partial charge in [0.05, 0.1) is 6.33 Å². The molecule has 0 saturated carbocycles. The average Bonchev–Trinajstić information content (AvgIpc) is 3.36. The lowest BCUT2D eigenvalue weighted by molar-refractivity contribution is -0.124. The first-order chi connectivity index (χ1) is 16.0. The van der Waals surface area contributed by atoms with Gasteiger partial charge in [0.2, 0.25) is 0 Å². The molecule has 3 rings (SSSR count). The summed E-state index contributed by atoms with van der Waals surface area (Å²) in [6.07, 6.45) is 8.71. The average molecular weight is 447 g/mol. The van der Waals surface area contributed by atoms with Crippen LogP contribution in [0.4, 0.5) is 4.79 Å². The van der Waals surface area contributed by atoms with Crippen LogP contribution >= 0.6 is 0 Å². The van der Waals surface area contributed by atoms with Crippen molar-refractivity contribution in [3.05, 3.63) is 96.1 Å². The maximum Gasteiger partial charge on any atom is 0.324 e. The molecule has 1 heterocycles. The second-order valence-corrected chi connectivity index (χ2v) is 7.25. The summed E-state index contributed by atoms with van der Waals surface area (Å²) in [5.74, 6) is -1.08. The van der Waals surface area contributed by atoms with Gasteiger partial charge in [0.25, 0.3) is 11.8 Å². The summed E-state index contributed by atoms with van der Waals surface area (Å²) in [6, 6.07) is 15.4. The standard InChI is InChI=1S/C24H25N5O4/c30-22(27-33)12-11-19-7-9-20(10-8-19)17-29(15-4-14-28-16-13-25-18-28)24(32)26-23(31)21-5-2-1-3-6-21/h1-3,5-13,16,18,33H,4,14-15,17H2,(H,27,30)(H,26,31,32). The SMILES string of the molecule is O=C(C=Cc1ccc(CN(CCCn2ccnc2)C(=O)NC(=O)c2ccccc2)cc1)NO. The van der Waals surface area contributed by atoms with Crippen LogP contribution in [0, 0.1) is 0 Å². The molecule has 0 aliphatic rings. The molecule has 1 aromatic heterocycles. The van der Waals surface area contributed by atoms with E-state index in [0.29, 0.717) is 31.6 Å². The number of rotatable bonds is 9. The van der Waals surface area contributed by atoms with E-state index >= 15 is 0 Å². The summed E-state index contributed by atoms with van der Waals surface area (Å²) in [7, 11) is 0. The van der Waals surface area contributed by atoms with Gasteiger partial charge in [-0.05, 0) is 35.8 Å². The number of nitrogens with one attached hydrogen (secondary N) is 2. The van der Waals surface area contributed by atoms with Gasteiger partial charge in [-0.3, -0.25) is 20.1 Å². The number of benzene rings is 2. The quantitative estimate of drug-likeness (QED) is 0.265. The van der Waals surface area contributed by atoms with Crippen molar-refractivity contribution in [2.45, 2.75) is 19.5 Å². The Hall–Kier alpha value is -4.24. The fourth-order valence-electron chi connectivity index (χ4n) is 3.12. The van der Waals surface area contributed by atoms with Crippen molar-refractivity contribution in [2.75, 3.05) is 6.54 Å². The van der Waals surface area contributed by atoms with Crippen molar-refractivity contribution in [2.24, 2.45) is 0 Å². The Morgan fingerprint density at radius 1 is 1.06 bits per heavy atom. The summed E-state index contributed by atoms with van der Waals surface area (Å²) in [5.41, 5.74) is 3.57. The molecule has 4 amide bonds. The molecule has 0 unspecified atom stereocenters. The predicted octanol–water partition coefficient (Wildman–Crippen LogP) is 2.84. The smallest absolute Gasteiger partial charge is 0.324 e. The van der Waals surface area contributed by atoms with Crippen molar-refractivity contribution in [3.8, 4) is 0 Å². The second-order valence-electron chi connectivity index (χ2n) is 7.25. The molecule has 9 nitrogen and oxygen atoms in total. The van der Waals surface area contributed by atoms with E-state index in [0.717, 1.165) is 11.1 Å². The van der Waals surface area contributed by atoms with Crippen LogP contribution in [0.3, 0.4) is 0 Å². The number of amides is 4. The maximum absolute atomic E-state index is 12.9. The van der Waals surface area contributed by atoms with Crippen LogP contribution in [0.25, 0.3) is 6.08 Å². The van der Waals surface area contributed by atoms with E-state index < -0.39 is 17.8 Å². The molecular weight excluding hydrogens is 422 g/mol. The molecule has 0 saturated heterocycles. The Bertz CT molecular complexity index is 1080. The van der Waals surface area contributed by atoms with Gasteiger partial charge in [-0.2, -0.15) is 0 Å². The largest absolute Gasteiger partial charge is 0.337 e. The molecule has 0 radical (unpaired) electrons. The van der Waals surface area contributed by atoms with Crippen LogP contribution in [0.15, 0.2) is 79.4 Å². The summed E-state index contributed by atoms with van der Waals surface area (Å²) in [5, 5.41) is 11.0. The lowest BCUT2D eigenvalue weighted by Crippen LogP contribution is -2.43. The van der Waals surface area contributed by atoms with Crippen molar-refractivity contribution in [3.63, 3.8) is 0 Å². The van der Waals surface area contributed by atoms with Crippen LogP contribution in [-0.2, 0) is 17.9 Å². The second kappa shape index (κ2) is 12.0. The zero-order chi connectivity index (χ0) is 23.5. The van der Waals surface area contributed by atoms with Crippen molar-refractivity contribution < 1.29 is 19.6 Å². The summed E-state index contributed by atoms with van der Waals surface area (Å²) >= 11 is 0. The van der Waals surface area contributed by atoms with Gasteiger partial charge < -0.3 is 9.47 Å². The van der Waals surface area contributed by atoms with Crippen LogP contribution in [-0.4, -0.2) is 44.0 Å². The number of aromatic nitrogens is 2. The number of urea groups is 1. The van der Waals surface area contributed by atoms with Crippen LogP contribution in [0.1, 0.15) is 27.9 Å². The Morgan fingerprint density at radius 2 is 1.82 bits per heavy atom. The maximum atomic E-state index is 12.9. The van der Waals surface area contributed by atoms with Gasteiger partial charge in [-0.15, -0.1) is 0 Å². The number of nitrogens with zero attached hydrogens (tertiary/aromatic N) is 3. The topological polar surface area (TPSA) is 117 Å². The third-order valence-electron chi connectivity index (χ3n) is 4.84. The highest BCUT2D eigenvalue weighted by atomic mass is 16.5. The van der Waals surface area contributed by atoms with E-state index in [9.17, 15) is 14.4 Å². The minimum absolute atomic E-state index is 0.305. The predicted molar refractivity (Wildman–Crippen MR) is 122 cm³/mol. The van der Waals surface area contributed by atoms with E-state index in [1.165, 1.54) is 11.6 Å². The van der Waals surface area contributed by atoms with Crippen molar-refractivity contribution in [1.29, 1.82) is 0 Å². The molecule has 33 heavy (non-hydrogen) atoms. The highest BCUT2D eigenvalue weighted by Crippen LogP contribution is 2.11. The molecule has 0 fully saturated rings. The minimum Gasteiger partial charge on any atom is -0.337 e. The third kappa shape index (κ3) is 7.44.